The largest absolute Gasteiger partial charge is 0.497 e. The van der Waals surface area contributed by atoms with E-state index in [1.165, 1.54) is 0 Å². The molecule has 130 valence electrons. The third-order valence-electron chi connectivity index (χ3n) is 4.09. The molecule has 3 rings (SSSR count). The van der Waals surface area contributed by atoms with Crippen molar-refractivity contribution in [3.8, 4) is 11.5 Å². The molecule has 5 heteroatoms. The Labute approximate surface area is 147 Å². The number of ether oxygens (including phenoxy) is 2. The van der Waals surface area contributed by atoms with Crippen molar-refractivity contribution in [2.75, 3.05) is 27.7 Å². The van der Waals surface area contributed by atoms with Crippen LogP contribution in [0.1, 0.15) is 15.9 Å². The maximum atomic E-state index is 12.5. The van der Waals surface area contributed by atoms with E-state index < -0.39 is 5.97 Å². The first kappa shape index (κ1) is 17.0. The molecule has 0 aliphatic heterocycles. The van der Waals surface area contributed by atoms with Crippen LogP contribution in [0.3, 0.4) is 0 Å². The summed E-state index contributed by atoms with van der Waals surface area (Å²) in [5.74, 6) is 0.799. The summed E-state index contributed by atoms with van der Waals surface area (Å²) in [7, 11) is 5.65. The van der Waals surface area contributed by atoms with Crippen molar-refractivity contribution >= 4 is 16.9 Å². The molecule has 0 spiro atoms. The topological polar surface area (TPSA) is 54.6 Å². The van der Waals surface area contributed by atoms with Gasteiger partial charge in [-0.2, -0.15) is 0 Å². The van der Waals surface area contributed by atoms with Gasteiger partial charge in [0.2, 0.25) is 0 Å². The minimum absolute atomic E-state index is 0.397. The second-order valence-corrected chi connectivity index (χ2v) is 6.17. The van der Waals surface area contributed by atoms with Gasteiger partial charge >= 0.3 is 5.97 Å². The summed E-state index contributed by atoms with van der Waals surface area (Å²) in [4.78, 5) is 17.9. The molecule has 0 radical (unpaired) electrons. The van der Waals surface area contributed by atoms with Gasteiger partial charge in [-0.15, -0.1) is 0 Å². The van der Waals surface area contributed by atoms with E-state index in [9.17, 15) is 4.79 Å². The number of aromatic nitrogens is 1. The fourth-order valence-electron chi connectivity index (χ4n) is 2.75. The third-order valence-corrected chi connectivity index (χ3v) is 4.09. The first-order valence-electron chi connectivity index (χ1n) is 8.18. The lowest BCUT2D eigenvalue weighted by atomic mass is 10.1. The van der Waals surface area contributed by atoms with Crippen LogP contribution >= 0.6 is 0 Å². The molecule has 0 fully saturated rings. The number of hydrogen-bond donors (Lipinski definition) is 1. The molecule has 1 N–H and O–H groups in total. The molecule has 0 aliphatic carbocycles. The van der Waals surface area contributed by atoms with Crippen LogP contribution in [0.4, 0.5) is 0 Å². The van der Waals surface area contributed by atoms with Crippen LogP contribution in [-0.2, 0) is 6.42 Å². The van der Waals surface area contributed by atoms with Crippen molar-refractivity contribution in [1.29, 1.82) is 0 Å². The Morgan fingerprint density at radius 3 is 2.72 bits per heavy atom. The first-order chi connectivity index (χ1) is 12.1. The summed E-state index contributed by atoms with van der Waals surface area (Å²) in [5, 5.41) is 0.959. The first-order valence-corrected chi connectivity index (χ1v) is 8.18. The average molecular weight is 338 g/mol. The monoisotopic (exact) mass is 338 g/mol. The summed E-state index contributed by atoms with van der Waals surface area (Å²) in [6.07, 6.45) is 2.86. The predicted molar refractivity (Wildman–Crippen MR) is 98.5 cm³/mol. The van der Waals surface area contributed by atoms with Gasteiger partial charge in [0, 0.05) is 23.6 Å². The van der Waals surface area contributed by atoms with Crippen LogP contribution in [0.25, 0.3) is 10.9 Å². The van der Waals surface area contributed by atoms with Gasteiger partial charge in [0.15, 0.2) is 0 Å². The molecule has 0 saturated carbocycles. The second kappa shape index (κ2) is 7.40. The van der Waals surface area contributed by atoms with Gasteiger partial charge in [-0.25, -0.2) is 4.79 Å². The molecule has 5 nitrogen and oxygen atoms in total. The predicted octanol–water partition coefficient (Wildman–Crippen LogP) is 3.50. The Morgan fingerprint density at radius 1 is 1.16 bits per heavy atom. The number of benzene rings is 2. The number of fused-ring (bicyclic) bond motifs is 1. The van der Waals surface area contributed by atoms with Crippen LogP contribution < -0.4 is 9.47 Å². The van der Waals surface area contributed by atoms with Gasteiger partial charge < -0.3 is 19.4 Å². The molecule has 3 aromatic rings. The van der Waals surface area contributed by atoms with Crippen LogP contribution in [0.2, 0.25) is 0 Å². The van der Waals surface area contributed by atoms with Crippen molar-refractivity contribution in [1.82, 2.24) is 9.88 Å². The van der Waals surface area contributed by atoms with E-state index in [0.29, 0.717) is 17.1 Å². The number of methoxy groups -OCH3 is 1. The smallest absolute Gasteiger partial charge is 0.343 e. The number of carbonyl (C=O) groups excluding carboxylic acids is 1. The quantitative estimate of drug-likeness (QED) is 0.552. The number of hydrogen-bond acceptors (Lipinski definition) is 4. The molecule has 0 atom stereocenters. The van der Waals surface area contributed by atoms with E-state index in [1.54, 1.807) is 31.4 Å². The van der Waals surface area contributed by atoms with Crippen molar-refractivity contribution in [2.45, 2.75) is 6.42 Å². The molecular weight excluding hydrogens is 316 g/mol. The van der Waals surface area contributed by atoms with Gasteiger partial charge in [0.25, 0.3) is 0 Å². The van der Waals surface area contributed by atoms with Crippen LogP contribution in [0, 0.1) is 0 Å². The van der Waals surface area contributed by atoms with Crippen molar-refractivity contribution in [3.05, 3.63) is 59.8 Å². The molecular formula is C20H22N2O3. The zero-order chi connectivity index (χ0) is 17.8. The standard InChI is InChI=1S/C20H22N2O3/c1-22(2)11-10-15-13-21-17-8-5-9-18(19(15)17)25-20(23)14-6-4-7-16(12-14)24-3/h4-9,12-13,21H,10-11H2,1-3H3. The Kier molecular flexibility index (Phi) is 5.05. The van der Waals surface area contributed by atoms with E-state index in [0.717, 1.165) is 29.4 Å². The summed E-state index contributed by atoms with van der Waals surface area (Å²) in [6, 6.07) is 12.6. The van der Waals surface area contributed by atoms with E-state index in [2.05, 4.69) is 9.88 Å². The molecule has 1 aromatic heterocycles. The fraction of sp³-hybridized carbons (Fsp3) is 0.250. The minimum Gasteiger partial charge on any atom is -0.497 e. The number of aromatic amines is 1. The number of likely N-dealkylation sites (N-methyl/N-ethyl adjacent to an activating group) is 1. The van der Waals surface area contributed by atoms with E-state index >= 15 is 0 Å². The zero-order valence-electron chi connectivity index (χ0n) is 14.7. The van der Waals surface area contributed by atoms with Gasteiger partial charge in [-0.05, 0) is 56.4 Å². The molecule has 0 saturated heterocycles. The van der Waals surface area contributed by atoms with Gasteiger partial charge in [-0.3, -0.25) is 0 Å². The summed E-state index contributed by atoms with van der Waals surface area (Å²) in [6.45, 7) is 0.922. The number of nitrogens with one attached hydrogen (secondary N) is 1. The zero-order valence-corrected chi connectivity index (χ0v) is 14.7. The molecule has 0 bridgehead atoms. The SMILES string of the molecule is COc1cccc(C(=O)Oc2cccc3[nH]cc(CCN(C)C)c23)c1. The molecule has 0 aliphatic rings. The summed E-state index contributed by atoms with van der Waals surface area (Å²) < 4.78 is 10.9. The lowest BCUT2D eigenvalue weighted by Crippen LogP contribution is -2.15. The van der Waals surface area contributed by atoms with Crippen molar-refractivity contribution < 1.29 is 14.3 Å². The highest BCUT2D eigenvalue weighted by molar-refractivity contribution is 5.96. The third kappa shape index (κ3) is 3.83. The summed E-state index contributed by atoms with van der Waals surface area (Å²) in [5.41, 5.74) is 2.56. The molecule has 25 heavy (non-hydrogen) atoms. The maximum Gasteiger partial charge on any atom is 0.343 e. The normalized spacial score (nSPS) is 11.0. The van der Waals surface area contributed by atoms with E-state index in [1.807, 2.05) is 38.5 Å². The lowest BCUT2D eigenvalue weighted by molar-refractivity contribution is 0.0736. The number of H-pyrrole nitrogens is 1. The lowest BCUT2D eigenvalue weighted by Gasteiger charge is -2.10. The fourth-order valence-corrected chi connectivity index (χ4v) is 2.75. The van der Waals surface area contributed by atoms with Gasteiger partial charge in [-0.1, -0.05) is 12.1 Å². The average Bonchev–Trinajstić information content (AvgIpc) is 3.04. The maximum absolute atomic E-state index is 12.5. The molecule has 0 amide bonds. The highest BCUT2D eigenvalue weighted by atomic mass is 16.5. The number of nitrogens with zero attached hydrogens (tertiary/aromatic N) is 1. The van der Waals surface area contributed by atoms with Crippen molar-refractivity contribution in [2.24, 2.45) is 0 Å². The Hall–Kier alpha value is -2.79. The van der Waals surface area contributed by atoms with Crippen molar-refractivity contribution in [3.63, 3.8) is 0 Å². The molecule has 2 aromatic carbocycles. The van der Waals surface area contributed by atoms with Crippen LogP contribution in [0.15, 0.2) is 48.7 Å². The molecule has 0 unspecified atom stereocenters. The van der Waals surface area contributed by atoms with Crippen LogP contribution in [0.5, 0.6) is 11.5 Å². The number of carbonyl (C=O) groups is 1. The highest BCUT2D eigenvalue weighted by Gasteiger charge is 2.15. The Morgan fingerprint density at radius 2 is 1.96 bits per heavy atom. The van der Waals surface area contributed by atoms with E-state index in [-0.39, 0.29) is 0 Å². The number of rotatable bonds is 6. The van der Waals surface area contributed by atoms with E-state index in [4.69, 9.17) is 9.47 Å². The summed E-state index contributed by atoms with van der Waals surface area (Å²) >= 11 is 0. The molecule has 1 heterocycles. The number of esters is 1. The van der Waals surface area contributed by atoms with Gasteiger partial charge in [0.1, 0.15) is 11.5 Å². The minimum atomic E-state index is -0.397. The Balaban J connectivity index is 1.89. The Bertz CT molecular complexity index is 884. The van der Waals surface area contributed by atoms with Crippen LogP contribution in [-0.4, -0.2) is 43.6 Å². The highest BCUT2D eigenvalue weighted by Crippen LogP contribution is 2.30. The second-order valence-electron chi connectivity index (χ2n) is 6.17. The van der Waals surface area contributed by atoms with Gasteiger partial charge in [0.05, 0.1) is 12.7 Å².